The van der Waals surface area contributed by atoms with E-state index in [2.05, 4.69) is 9.97 Å². The van der Waals surface area contributed by atoms with Crippen molar-refractivity contribution in [1.29, 1.82) is 0 Å². The highest BCUT2D eigenvalue weighted by molar-refractivity contribution is 5.71. The molecule has 2 heterocycles. The molecule has 0 aromatic carbocycles. The van der Waals surface area contributed by atoms with Crippen LogP contribution in [-0.2, 0) is 6.42 Å². The number of aromatic amines is 1. The van der Waals surface area contributed by atoms with Gasteiger partial charge in [0.25, 0.3) is 0 Å². The Morgan fingerprint density at radius 2 is 2.50 bits per heavy atom. The predicted molar refractivity (Wildman–Crippen MR) is 44.0 cm³/mol. The summed E-state index contributed by atoms with van der Waals surface area (Å²) in [5.41, 5.74) is 2.10. The summed E-state index contributed by atoms with van der Waals surface area (Å²) in [6.45, 7) is 2.00. The summed E-state index contributed by atoms with van der Waals surface area (Å²) in [5.74, 6) is -0.446. The third-order valence-electron chi connectivity index (χ3n) is 1.78. The van der Waals surface area contributed by atoms with E-state index >= 15 is 0 Å². The molecule has 1 N–H and O–H groups in total. The van der Waals surface area contributed by atoms with Crippen LogP contribution in [0.4, 0.5) is 0 Å². The third kappa shape index (κ3) is 0.922. The first-order valence-corrected chi connectivity index (χ1v) is 3.78. The number of aromatic nitrogens is 2. The molecule has 0 saturated heterocycles. The van der Waals surface area contributed by atoms with Gasteiger partial charge < -0.3 is 4.42 Å². The average molecular weight is 164 g/mol. The van der Waals surface area contributed by atoms with Gasteiger partial charge in [0.05, 0.1) is 0 Å². The normalized spacial score (nSPS) is 10.8. The molecule has 0 saturated carbocycles. The molecule has 0 atom stereocenters. The molecule has 0 spiro atoms. The molecule has 0 aliphatic rings. The van der Waals surface area contributed by atoms with Crippen LogP contribution in [0.2, 0.25) is 0 Å². The summed E-state index contributed by atoms with van der Waals surface area (Å²) >= 11 is 0. The van der Waals surface area contributed by atoms with Gasteiger partial charge in [-0.05, 0) is 12.5 Å². The first-order chi connectivity index (χ1) is 5.81. The smallest absolute Gasteiger partial charge is 0.406 e. The molecule has 0 unspecified atom stereocenters. The lowest BCUT2D eigenvalue weighted by atomic mass is 10.2. The SMILES string of the molecule is CCc1ccnc2[nH]c(=O)oc12. The highest BCUT2D eigenvalue weighted by Crippen LogP contribution is 2.12. The fourth-order valence-electron chi connectivity index (χ4n) is 1.18. The lowest BCUT2D eigenvalue weighted by Crippen LogP contribution is -1.93. The van der Waals surface area contributed by atoms with E-state index < -0.39 is 5.76 Å². The second-order valence-corrected chi connectivity index (χ2v) is 2.52. The average Bonchev–Trinajstić information content (AvgIpc) is 2.44. The second-order valence-electron chi connectivity index (χ2n) is 2.52. The molecule has 2 aromatic heterocycles. The topological polar surface area (TPSA) is 58.9 Å². The maximum Gasteiger partial charge on any atom is 0.418 e. The summed E-state index contributed by atoms with van der Waals surface area (Å²) in [4.78, 5) is 17.3. The van der Waals surface area contributed by atoms with Crippen LogP contribution in [0.1, 0.15) is 12.5 Å². The Morgan fingerprint density at radius 3 is 3.25 bits per heavy atom. The van der Waals surface area contributed by atoms with Crippen molar-refractivity contribution in [2.24, 2.45) is 0 Å². The number of aryl methyl sites for hydroxylation is 1. The molecule has 0 fully saturated rings. The van der Waals surface area contributed by atoms with Crippen LogP contribution in [0, 0.1) is 0 Å². The predicted octanol–water partition coefficient (Wildman–Crippen LogP) is 1.08. The van der Waals surface area contributed by atoms with E-state index in [0.29, 0.717) is 11.2 Å². The van der Waals surface area contributed by atoms with Crippen molar-refractivity contribution in [3.05, 3.63) is 28.4 Å². The maximum absolute atomic E-state index is 10.8. The van der Waals surface area contributed by atoms with E-state index in [0.717, 1.165) is 12.0 Å². The number of H-pyrrole nitrogens is 1. The van der Waals surface area contributed by atoms with Gasteiger partial charge >= 0.3 is 5.76 Å². The van der Waals surface area contributed by atoms with Gasteiger partial charge in [0, 0.05) is 11.8 Å². The molecule has 12 heavy (non-hydrogen) atoms. The number of oxazole rings is 1. The van der Waals surface area contributed by atoms with E-state index in [4.69, 9.17) is 4.42 Å². The van der Waals surface area contributed by atoms with E-state index in [1.807, 2.05) is 13.0 Å². The van der Waals surface area contributed by atoms with Gasteiger partial charge in [-0.15, -0.1) is 0 Å². The summed E-state index contributed by atoms with van der Waals surface area (Å²) in [6.07, 6.45) is 2.49. The third-order valence-corrected chi connectivity index (χ3v) is 1.78. The number of nitrogens with one attached hydrogen (secondary N) is 1. The Hall–Kier alpha value is -1.58. The second kappa shape index (κ2) is 2.48. The summed E-state index contributed by atoms with van der Waals surface area (Å²) in [6, 6.07) is 1.85. The minimum atomic E-state index is -0.446. The van der Waals surface area contributed by atoms with Crippen LogP contribution in [0.15, 0.2) is 21.5 Å². The Kier molecular flexibility index (Phi) is 1.46. The van der Waals surface area contributed by atoms with E-state index in [-0.39, 0.29) is 0 Å². The van der Waals surface area contributed by atoms with Crippen LogP contribution >= 0.6 is 0 Å². The molecule has 0 radical (unpaired) electrons. The van der Waals surface area contributed by atoms with Crippen molar-refractivity contribution in [1.82, 2.24) is 9.97 Å². The lowest BCUT2D eigenvalue weighted by Gasteiger charge is -1.93. The van der Waals surface area contributed by atoms with E-state index in [1.165, 1.54) is 0 Å². The summed E-state index contributed by atoms with van der Waals surface area (Å²) in [7, 11) is 0. The van der Waals surface area contributed by atoms with Crippen molar-refractivity contribution in [3.63, 3.8) is 0 Å². The van der Waals surface area contributed by atoms with Gasteiger partial charge in [0.1, 0.15) is 0 Å². The van der Waals surface area contributed by atoms with Gasteiger partial charge in [-0.3, -0.25) is 4.98 Å². The molecule has 0 aliphatic carbocycles. The molecule has 0 aliphatic heterocycles. The molecular weight excluding hydrogens is 156 g/mol. The monoisotopic (exact) mass is 164 g/mol. The van der Waals surface area contributed by atoms with Crippen LogP contribution in [-0.4, -0.2) is 9.97 Å². The van der Waals surface area contributed by atoms with E-state index in [1.54, 1.807) is 6.20 Å². The Balaban J connectivity index is 2.87. The number of nitrogens with zero attached hydrogens (tertiary/aromatic N) is 1. The van der Waals surface area contributed by atoms with Gasteiger partial charge in [0.15, 0.2) is 11.2 Å². The van der Waals surface area contributed by atoms with Crippen molar-refractivity contribution in [2.45, 2.75) is 13.3 Å². The summed E-state index contributed by atoms with van der Waals surface area (Å²) < 4.78 is 4.92. The minimum Gasteiger partial charge on any atom is -0.406 e. The van der Waals surface area contributed by atoms with Crippen molar-refractivity contribution in [2.75, 3.05) is 0 Å². The van der Waals surface area contributed by atoms with Crippen LogP contribution in [0.25, 0.3) is 11.2 Å². The van der Waals surface area contributed by atoms with Gasteiger partial charge in [-0.1, -0.05) is 6.92 Å². The number of hydrogen-bond acceptors (Lipinski definition) is 3. The molecule has 2 aromatic rings. The fraction of sp³-hybridized carbons (Fsp3) is 0.250. The largest absolute Gasteiger partial charge is 0.418 e. The molecule has 0 amide bonds. The molecule has 2 rings (SSSR count). The van der Waals surface area contributed by atoms with Crippen molar-refractivity contribution < 1.29 is 4.42 Å². The first kappa shape index (κ1) is 7.09. The first-order valence-electron chi connectivity index (χ1n) is 3.78. The van der Waals surface area contributed by atoms with Gasteiger partial charge in [-0.2, -0.15) is 0 Å². The maximum atomic E-state index is 10.8. The number of hydrogen-bond donors (Lipinski definition) is 1. The lowest BCUT2D eigenvalue weighted by molar-refractivity contribution is 0.552. The zero-order valence-electron chi connectivity index (χ0n) is 6.63. The van der Waals surface area contributed by atoms with Gasteiger partial charge in [-0.25, -0.2) is 9.78 Å². The molecule has 4 nitrogen and oxygen atoms in total. The van der Waals surface area contributed by atoms with E-state index in [9.17, 15) is 4.79 Å². The van der Waals surface area contributed by atoms with Gasteiger partial charge in [0.2, 0.25) is 0 Å². The summed E-state index contributed by atoms with van der Waals surface area (Å²) in [5, 5.41) is 0. The van der Waals surface area contributed by atoms with Crippen LogP contribution in [0.3, 0.4) is 0 Å². The van der Waals surface area contributed by atoms with Crippen molar-refractivity contribution in [3.8, 4) is 0 Å². The molecule has 4 heteroatoms. The van der Waals surface area contributed by atoms with Crippen LogP contribution < -0.4 is 5.76 Å². The standard InChI is InChI=1S/C8H8N2O2/c1-2-5-3-4-9-7-6(5)12-8(11)10-7/h3-4H,2H2,1H3,(H,9,10,11). The highest BCUT2D eigenvalue weighted by Gasteiger charge is 2.04. The molecule has 62 valence electrons. The van der Waals surface area contributed by atoms with Crippen molar-refractivity contribution >= 4 is 11.2 Å². The Morgan fingerprint density at radius 1 is 1.67 bits per heavy atom. The zero-order valence-corrected chi connectivity index (χ0v) is 6.63. The fourth-order valence-corrected chi connectivity index (χ4v) is 1.18. The molecule has 0 bridgehead atoms. The highest BCUT2D eigenvalue weighted by atomic mass is 16.4. The number of fused-ring (bicyclic) bond motifs is 1. The zero-order chi connectivity index (χ0) is 8.55. The van der Waals surface area contributed by atoms with Crippen LogP contribution in [0.5, 0.6) is 0 Å². The molecular formula is C8H8N2O2. The quantitative estimate of drug-likeness (QED) is 0.686. The number of pyridine rings is 1. The Labute approximate surface area is 68.2 Å². The Bertz CT molecular complexity index is 455. The number of rotatable bonds is 1. The minimum absolute atomic E-state index is 0.446.